The summed E-state index contributed by atoms with van der Waals surface area (Å²) < 4.78 is 39.5. The van der Waals surface area contributed by atoms with Gasteiger partial charge < -0.3 is 24.8 Å². The topological polar surface area (TPSA) is 68.8 Å². The summed E-state index contributed by atoms with van der Waals surface area (Å²) in [5.74, 6) is -0.513. The molecule has 0 spiro atoms. The van der Waals surface area contributed by atoms with Gasteiger partial charge in [-0.1, -0.05) is 0 Å². The van der Waals surface area contributed by atoms with Crippen molar-refractivity contribution in [3.8, 4) is 17.2 Å². The molecular weight excluding hydrogens is 310 g/mol. The van der Waals surface area contributed by atoms with Gasteiger partial charge in [-0.2, -0.15) is 8.78 Å². The van der Waals surface area contributed by atoms with E-state index in [1.54, 1.807) is 0 Å². The number of piperidine rings is 1. The molecule has 0 aliphatic carbocycles. The SMILES string of the molecule is COc1cc(C(=O)NC2CCNCC2)cc(OC)c1OC(F)F. The Hall–Kier alpha value is -2.09. The molecule has 0 unspecified atom stereocenters. The molecule has 1 aromatic rings. The molecule has 1 fully saturated rings. The summed E-state index contributed by atoms with van der Waals surface area (Å²) in [5, 5.41) is 6.13. The van der Waals surface area contributed by atoms with E-state index in [0.717, 1.165) is 25.9 Å². The molecular formula is C15H20F2N2O4. The van der Waals surface area contributed by atoms with Crippen LogP contribution in [0.5, 0.6) is 17.2 Å². The monoisotopic (exact) mass is 330 g/mol. The van der Waals surface area contributed by atoms with Crippen LogP contribution in [0.15, 0.2) is 12.1 Å². The van der Waals surface area contributed by atoms with Crippen molar-refractivity contribution < 1.29 is 27.8 Å². The number of carbonyl (C=O) groups excluding carboxylic acids is 1. The number of methoxy groups -OCH3 is 2. The van der Waals surface area contributed by atoms with Crippen LogP contribution in [0, 0.1) is 0 Å². The molecule has 0 bridgehead atoms. The van der Waals surface area contributed by atoms with Gasteiger partial charge in [-0.15, -0.1) is 0 Å². The second-order valence-electron chi connectivity index (χ2n) is 5.09. The Morgan fingerprint density at radius 3 is 2.26 bits per heavy atom. The van der Waals surface area contributed by atoms with Gasteiger partial charge in [0.05, 0.1) is 14.2 Å². The fourth-order valence-electron chi connectivity index (χ4n) is 2.45. The van der Waals surface area contributed by atoms with E-state index < -0.39 is 6.61 Å². The quantitative estimate of drug-likeness (QED) is 0.832. The van der Waals surface area contributed by atoms with Crippen molar-refractivity contribution in [1.82, 2.24) is 10.6 Å². The van der Waals surface area contributed by atoms with Crippen LogP contribution < -0.4 is 24.8 Å². The average molecular weight is 330 g/mol. The van der Waals surface area contributed by atoms with E-state index in [9.17, 15) is 13.6 Å². The van der Waals surface area contributed by atoms with Crippen molar-refractivity contribution in [1.29, 1.82) is 0 Å². The van der Waals surface area contributed by atoms with Crippen LogP contribution in [0.25, 0.3) is 0 Å². The van der Waals surface area contributed by atoms with Crippen LogP contribution in [-0.2, 0) is 0 Å². The number of ether oxygens (including phenoxy) is 3. The lowest BCUT2D eigenvalue weighted by molar-refractivity contribution is -0.0526. The van der Waals surface area contributed by atoms with Gasteiger partial charge in [0.25, 0.3) is 5.91 Å². The first-order valence-corrected chi connectivity index (χ1v) is 7.27. The van der Waals surface area contributed by atoms with E-state index in [4.69, 9.17) is 9.47 Å². The van der Waals surface area contributed by atoms with E-state index in [1.165, 1.54) is 26.4 Å². The third kappa shape index (κ3) is 4.44. The van der Waals surface area contributed by atoms with Crippen molar-refractivity contribution >= 4 is 5.91 Å². The largest absolute Gasteiger partial charge is 0.493 e. The van der Waals surface area contributed by atoms with Crippen molar-refractivity contribution in [2.75, 3.05) is 27.3 Å². The van der Waals surface area contributed by atoms with Crippen molar-refractivity contribution in [2.45, 2.75) is 25.5 Å². The van der Waals surface area contributed by atoms with Gasteiger partial charge in [0.2, 0.25) is 5.75 Å². The molecule has 0 atom stereocenters. The molecule has 1 saturated heterocycles. The number of amides is 1. The second-order valence-corrected chi connectivity index (χ2v) is 5.09. The predicted octanol–water partition coefficient (Wildman–Crippen LogP) is 1.79. The Labute approximate surface area is 133 Å². The van der Waals surface area contributed by atoms with Gasteiger partial charge in [-0.3, -0.25) is 4.79 Å². The lowest BCUT2D eigenvalue weighted by Crippen LogP contribution is -2.42. The highest BCUT2D eigenvalue weighted by Gasteiger charge is 2.22. The number of rotatable bonds is 6. The normalized spacial score (nSPS) is 15.3. The molecule has 0 radical (unpaired) electrons. The summed E-state index contributed by atoms with van der Waals surface area (Å²) in [6, 6.07) is 2.80. The minimum Gasteiger partial charge on any atom is -0.493 e. The van der Waals surface area contributed by atoms with E-state index in [2.05, 4.69) is 15.4 Å². The number of hydrogen-bond acceptors (Lipinski definition) is 5. The first-order chi connectivity index (χ1) is 11.0. The lowest BCUT2D eigenvalue weighted by atomic mass is 10.1. The Morgan fingerprint density at radius 1 is 1.22 bits per heavy atom. The Balaban J connectivity index is 2.22. The van der Waals surface area contributed by atoms with Crippen LogP contribution in [0.4, 0.5) is 8.78 Å². The van der Waals surface area contributed by atoms with E-state index >= 15 is 0 Å². The fourth-order valence-corrected chi connectivity index (χ4v) is 2.45. The van der Waals surface area contributed by atoms with Gasteiger partial charge in [0.1, 0.15) is 0 Å². The highest BCUT2D eigenvalue weighted by atomic mass is 19.3. The molecule has 1 aliphatic heterocycles. The molecule has 1 aromatic carbocycles. The highest BCUT2D eigenvalue weighted by molar-refractivity contribution is 5.95. The van der Waals surface area contributed by atoms with Gasteiger partial charge in [-0.05, 0) is 38.1 Å². The smallest absolute Gasteiger partial charge is 0.387 e. The molecule has 0 aromatic heterocycles. The van der Waals surface area contributed by atoms with Gasteiger partial charge in [0, 0.05) is 11.6 Å². The molecule has 6 nitrogen and oxygen atoms in total. The molecule has 2 N–H and O–H groups in total. The Kier molecular flexibility index (Phi) is 5.97. The van der Waals surface area contributed by atoms with Crippen LogP contribution in [0.3, 0.4) is 0 Å². The zero-order chi connectivity index (χ0) is 16.8. The van der Waals surface area contributed by atoms with E-state index in [1.807, 2.05) is 0 Å². The molecule has 2 rings (SSSR count). The molecule has 1 aliphatic rings. The number of benzene rings is 1. The number of alkyl halides is 2. The zero-order valence-electron chi connectivity index (χ0n) is 13.0. The number of hydrogen-bond donors (Lipinski definition) is 2. The lowest BCUT2D eigenvalue weighted by Gasteiger charge is -2.24. The minimum atomic E-state index is -3.02. The van der Waals surface area contributed by atoms with Crippen molar-refractivity contribution in [3.05, 3.63) is 17.7 Å². The average Bonchev–Trinajstić information content (AvgIpc) is 2.55. The predicted molar refractivity (Wildman–Crippen MR) is 79.5 cm³/mol. The number of nitrogens with one attached hydrogen (secondary N) is 2. The first kappa shape index (κ1) is 17.3. The van der Waals surface area contributed by atoms with Crippen LogP contribution in [0.1, 0.15) is 23.2 Å². The van der Waals surface area contributed by atoms with E-state index in [0.29, 0.717) is 0 Å². The van der Waals surface area contributed by atoms with Crippen LogP contribution in [0.2, 0.25) is 0 Å². The molecule has 8 heteroatoms. The van der Waals surface area contributed by atoms with Gasteiger partial charge in [-0.25, -0.2) is 0 Å². The zero-order valence-corrected chi connectivity index (χ0v) is 13.0. The molecule has 0 saturated carbocycles. The summed E-state index contributed by atoms with van der Waals surface area (Å²) in [5.41, 5.74) is 0.263. The molecule has 128 valence electrons. The third-order valence-corrected chi connectivity index (χ3v) is 3.60. The van der Waals surface area contributed by atoms with Gasteiger partial charge in [0.15, 0.2) is 11.5 Å². The fraction of sp³-hybridized carbons (Fsp3) is 0.533. The third-order valence-electron chi connectivity index (χ3n) is 3.60. The maximum Gasteiger partial charge on any atom is 0.387 e. The summed E-state index contributed by atoms with van der Waals surface area (Å²) in [6.07, 6.45) is 1.68. The maximum atomic E-state index is 12.5. The van der Waals surface area contributed by atoms with Gasteiger partial charge >= 0.3 is 6.61 Å². The molecule has 1 heterocycles. The maximum absolute atomic E-state index is 12.5. The number of halogens is 2. The number of carbonyl (C=O) groups is 1. The first-order valence-electron chi connectivity index (χ1n) is 7.27. The molecule has 1 amide bonds. The summed E-state index contributed by atoms with van der Waals surface area (Å²) >= 11 is 0. The highest BCUT2D eigenvalue weighted by Crippen LogP contribution is 2.39. The minimum absolute atomic E-state index is 0.0140. The standard InChI is InChI=1S/C15H20F2N2O4/c1-21-11-7-9(8-12(22-2)13(11)23-15(16)17)14(20)19-10-3-5-18-6-4-10/h7-8,10,15,18H,3-6H2,1-2H3,(H,19,20). The van der Waals surface area contributed by atoms with Crippen molar-refractivity contribution in [3.63, 3.8) is 0 Å². The summed E-state index contributed by atoms with van der Waals surface area (Å²) in [4.78, 5) is 12.4. The van der Waals surface area contributed by atoms with Crippen molar-refractivity contribution in [2.24, 2.45) is 0 Å². The van der Waals surface area contributed by atoms with Crippen LogP contribution in [-0.4, -0.2) is 45.9 Å². The Morgan fingerprint density at radius 2 is 1.78 bits per heavy atom. The van der Waals surface area contributed by atoms with Crippen LogP contribution >= 0.6 is 0 Å². The summed E-state index contributed by atoms with van der Waals surface area (Å²) in [7, 11) is 2.61. The molecule has 23 heavy (non-hydrogen) atoms. The van der Waals surface area contributed by atoms with E-state index in [-0.39, 0.29) is 34.8 Å². The second kappa shape index (κ2) is 7.96. The Bertz CT molecular complexity index is 523. The summed E-state index contributed by atoms with van der Waals surface area (Å²) in [6.45, 7) is -1.33.